The number of aromatic nitrogens is 1. The van der Waals surface area contributed by atoms with Gasteiger partial charge in [0.15, 0.2) is 5.17 Å². The molecule has 1 aromatic heterocycles. The van der Waals surface area contributed by atoms with Crippen LogP contribution in [0.2, 0.25) is 0 Å². The fourth-order valence-electron chi connectivity index (χ4n) is 2.67. The Bertz CT molecular complexity index is 836. The smallest absolute Gasteiger partial charge is 0.294 e. The molecule has 1 amide bonds. The van der Waals surface area contributed by atoms with E-state index in [9.17, 15) is 9.18 Å². The third-order valence-corrected chi connectivity index (χ3v) is 4.94. The van der Waals surface area contributed by atoms with E-state index < -0.39 is 11.4 Å². The van der Waals surface area contributed by atoms with Crippen LogP contribution in [0.5, 0.6) is 0 Å². The highest BCUT2D eigenvalue weighted by atomic mass is 32.2. The predicted molar refractivity (Wildman–Crippen MR) is 96.3 cm³/mol. The molecule has 1 aliphatic rings. The van der Waals surface area contributed by atoms with E-state index in [1.807, 2.05) is 13.8 Å². The Morgan fingerprint density at radius 3 is 2.96 bits per heavy atom. The first-order chi connectivity index (χ1) is 11.9. The normalized spacial score (nSPS) is 20.2. The third-order valence-electron chi connectivity index (χ3n) is 4.15. The molecule has 1 aromatic carbocycles. The second kappa shape index (κ2) is 6.87. The number of nitrogens with zero attached hydrogens (tertiary/aromatic N) is 2. The van der Waals surface area contributed by atoms with E-state index in [1.54, 1.807) is 12.1 Å². The van der Waals surface area contributed by atoms with E-state index in [4.69, 9.17) is 10.3 Å². The van der Waals surface area contributed by atoms with Crippen molar-refractivity contribution in [3.8, 4) is 0 Å². The van der Waals surface area contributed by atoms with Crippen molar-refractivity contribution in [1.82, 2.24) is 5.16 Å². The highest BCUT2D eigenvalue weighted by molar-refractivity contribution is 8.13. The molecule has 0 radical (unpaired) electrons. The fraction of sp³-hybridized carbons (Fsp3) is 0.353. The lowest BCUT2D eigenvalue weighted by Crippen LogP contribution is -2.29. The summed E-state index contributed by atoms with van der Waals surface area (Å²) in [6.45, 7) is 3.76. The molecular formula is C17H19FN4O2S. The number of rotatable bonds is 4. The maximum absolute atomic E-state index is 14.4. The van der Waals surface area contributed by atoms with Crippen LogP contribution in [0.4, 0.5) is 10.1 Å². The largest absolute Gasteiger partial charge is 0.379 e. The predicted octanol–water partition coefficient (Wildman–Crippen LogP) is 3.30. The minimum absolute atomic E-state index is 0.116. The summed E-state index contributed by atoms with van der Waals surface area (Å²) < 4.78 is 19.4. The summed E-state index contributed by atoms with van der Waals surface area (Å²) >= 11 is 1.45. The summed E-state index contributed by atoms with van der Waals surface area (Å²) in [6.07, 6.45) is 1.34. The van der Waals surface area contributed by atoms with Crippen LogP contribution in [0, 0.1) is 5.82 Å². The van der Waals surface area contributed by atoms with Gasteiger partial charge in [-0.1, -0.05) is 23.8 Å². The maximum atomic E-state index is 14.4. The number of nitrogens with one attached hydrogen (secondary N) is 1. The molecule has 0 fully saturated rings. The van der Waals surface area contributed by atoms with Crippen LogP contribution in [0.1, 0.15) is 42.1 Å². The summed E-state index contributed by atoms with van der Waals surface area (Å²) in [5, 5.41) is 6.94. The number of aryl methyl sites for hydroxylation is 1. The van der Waals surface area contributed by atoms with Crippen LogP contribution in [0.3, 0.4) is 0 Å². The first-order valence-corrected chi connectivity index (χ1v) is 8.95. The molecule has 1 atom stereocenters. The highest BCUT2D eigenvalue weighted by Gasteiger charge is 2.32. The van der Waals surface area contributed by atoms with Crippen LogP contribution < -0.4 is 11.1 Å². The quantitative estimate of drug-likeness (QED) is 0.870. The summed E-state index contributed by atoms with van der Waals surface area (Å²) in [6, 6.07) is 6.00. The summed E-state index contributed by atoms with van der Waals surface area (Å²) in [4.78, 5) is 16.7. The lowest BCUT2D eigenvalue weighted by Gasteiger charge is -2.30. The van der Waals surface area contributed by atoms with E-state index in [0.29, 0.717) is 35.0 Å². The van der Waals surface area contributed by atoms with Crippen molar-refractivity contribution in [3.63, 3.8) is 0 Å². The van der Waals surface area contributed by atoms with E-state index in [2.05, 4.69) is 15.5 Å². The standard InChI is InChI=1S/C17H19FN4O2S/c1-3-10-9-14(24-22-10)15(23)20-11-4-5-13(18)12(8-11)17(2)6-7-25-16(19)21-17/h4-5,8-9H,3,6-7H2,1-2H3,(H2,19,21)(H,20,23)/t17-/m0/s1. The van der Waals surface area contributed by atoms with Crippen LogP contribution in [0.25, 0.3) is 0 Å². The number of thioether (sulfide) groups is 1. The van der Waals surface area contributed by atoms with Crippen molar-refractivity contribution >= 4 is 28.5 Å². The number of amidine groups is 1. The van der Waals surface area contributed by atoms with Crippen LogP contribution in [-0.2, 0) is 12.0 Å². The number of carbonyl (C=O) groups excluding carboxylic acids is 1. The Kier molecular flexibility index (Phi) is 4.80. The van der Waals surface area contributed by atoms with Crippen molar-refractivity contribution in [2.45, 2.75) is 32.2 Å². The Morgan fingerprint density at radius 1 is 1.48 bits per heavy atom. The molecule has 0 bridgehead atoms. The number of hydrogen-bond donors (Lipinski definition) is 2. The molecule has 0 saturated heterocycles. The first-order valence-electron chi connectivity index (χ1n) is 7.96. The lowest BCUT2D eigenvalue weighted by molar-refractivity contribution is 0.0988. The van der Waals surface area contributed by atoms with Gasteiger partial charge in [-0.05, 0) is 38.0 Å². The number of carbonyl (C=O) groups is 1. The molecular weight excluding hydrogens is 343 g/mol. The minimum Gasteiger partial charge on any atom is -0.379 e. The van der Waals surface area contributed by atoms with Crippen molar-refractivity contribution in [2.24, 2.45) is 10.7 Å². The zero-order chi connectivity index (χ0) is 18.0. The Hall–Kier alpha value is -2.35. The number of hydrogen-bond acceptors (Lipinski definition) is 6. The van der Waals surface area contributed by atoms with Crippen LogP contribution in [0.15, 0.2) is 33.8 Å². The molecule has 6 nitrogen and oxygen atoms in total. The van der Waals surface area contributed by atoms with Gasteiger partial charge in [-0.2, -0.15) is 0 Å². The van der Waals surface area contributed by atoms with E-state index >= 15 is 0 Å². The summed E-state index contributed by atoms with van der Waals surface area (Å²) in [5.41, 5.74) is 6.62. The van der Waals surface area contributed by atoms with Gasteiger partial charge in [0, 0.05) is 23.1 Å². The van der Waals surface area contributed by atoms with Gasteiger partial charge in [-0.3, -0.25) is 9.79 Å². The van der Waals surface area contributed by atoms with Crippen LogP contribution in [-0.4, -0.2) is 22.0 Å². The van der Waals surface area contributed by atoms with Gasteiger partial charge >= 0.3 is 0 Å². The van der Waals surface area contributed by atoms with E-state index in [0.717, 1.165) is 5.75 Å². The topological polar surface area (TPSA) is 93.5 Å². The van der Waals surface area contributed by atoms with E-state index in [-0.39, 0.29) is 11.6 Å². The maximum Gasteiger partial charge on any atom is 0.294 e. The van der Waals surface area contributed by atoms with Gasteiger partial charge in [0.05, 0.1) is 11.2 Å². The Balaban J connectivity index is 1.86. The number of nitrogens with two attached hydrogens (primary N) is 1. The van der Waals surface area contributed by atoms with Gasteiger partial charge in [-0.15, -0.1) is 0 Å². The third kappa shape index (κ3) is 3.68. The molecule has 3 N–H and O–H groups in total. The number of anilines is 1. The van der Waals surface area contributed by atoms with Gasteiger partial charge in [0.1, 0.15) is 5.82 Å². The Morgan fingerprint density at radius 2 is 2.28 bits per heavy atom. The molecule has 0 aliphatic carbocycles. The second-order valence-electron chi connectivity index (χ2n) is 6.01. The second-order valence-corrected chi connectivity index (χ2v) is 7.12. The number of amides is 1. The zero-order valence-corrected chi connectivity index (χ0v) is 14.8. The molecule has 0 spiro atoms. The molecule has 8 heteroatoms. The number of aliphatic imine (C=N–C) groups is 1. The highest BCUT2D eigenvalue weighted by Crippen LogP contribution is 2.37. The average molecular weight is 362 g/mol. The fourth-order valence-corrected chi connectivity index (χ4v) is 3.65. The van der Waals surface area contributed by atoms with Crippen molar-refractivity contribution in [1.29, 1.82) is 0 Å². The molecule has 2 heterocycles. The zero-order valence-electron chi connectivity index (χ0n) is 14.0. The van der Waals surface area contributed by atoms with Gasteiger partial charge < -0.3 is 15.6 Å². The van der Waals surface area contributed by atoms with E-state index in [1.165, 1.54) is 23.9 Å². The van der Waals surface area contributed by atoms with Crippen LogP contribution >= 0.6 is 11.8 Å². The van der Waals surface area contributed by atoms with Crippen molar-refractivity contribution in [2.75, 3.05) is 11.1 Å². The van der Waals surface area contributed by atoms with Crippen molar-refractivity contribution in [3.05, 3.63) is 47.1 Å². The van der Waals surface area contributed by atoms with Gasteiger partial charge in [0.2, 0.25) is 5.76 Å². The van der Waals surface area contributed by atoms with Crippen molar-refractivity contribution < 1.29 is 13.7 Å². The molecule has 1 aliphatic heterocycles. The Labute approximate surface area is 149 Å². The molecule has 25 heavy (non-hydrogen) atoms. The number of benzene rings is 1. The number of halogens is 1. The molecule has 3 rings (SSSR count). The van der Waals surface area contributed by atoms with Gasteiger partial charge in [-0.25, -0.2) is 4.39 Å². The van der Waals surface area contributed by atoms with Gasteiger partial charge in [0.25, 0.3) is 5.91 Å². The molecule has 2 aromatic rings. The molecule has 0 saturated carbocycles. The summed E-state index contributed by atoms with van der Waals surface area (Å²) in [5.74, 6) is 0.0685. The summed E-state index contributed by atoms with van der Waals surface area (Å²) in [7, 11) is 0. The SMILES string of the molecule is CCc1cc(C(=O)Nc2ccc(F)c([C@]3(C)CCSC(N)=N3)c2)on1. The molecule has 132 valence electrons. The monoisotopic (exact) mass is 362 g/mol. The minimum atomic E-state index is -0.748. The lowest BCUT2D eigenvalue weighted by atomic mass is 9.89. The molecule has 0 unspecified atom stereocenters. The first kappa shape index (κ1) is 17.5. The average Bonchev–Trinajstić information content (AvgIpc) is 3.05.